The number of rotatable bonds is 4. The average molecular weight is 396 g/mol. The van der Waals surface area contributed by atoms with Crippen LogP contribution >= 0.6 is 22.9 Å². The molecule has 0 atom stereocenters. The van der Waals surface area contributed by atoms with Gasteiger partial charge in [-0.1, -0.05) is 29.8 Å². The Morgan fingerprint density at radius 3 is 2.74 bits per heavy atom. The summed E-state index contributed by atoms with van der Waals surface area (Å²) in [5.74, 6) is 0.289. The predicted octanol–water partition coefficient (Wildman–Crippen LogP) is 5.54. The van der Waals surface area contributed by atoms with Gasteiger partial charge in [0.15, 0.2) is 0 Å². The number of ether oxygens (including phenoxy) is 1. The third-order valence-electron chi connectivity index (χ3n) is 4.07. The van der Waals surface area contributed by atoms with Crippen molar-refractivity contribution in [3.05, 3.63) is 70.8 Å². The second-order valence-electron chi connectivity index (χ2n) is 5.76. The van der Waals surface area contributed by atoms with Gasteiger partial charge in [-0.25, -0.2) is 14.8 Å². The zero-order chi connectivity index (χ0) is 18.8. The molecule has 0 amide bonds. The number of anilines is 2. The van der Waals surface area contributed by atoms with Crippen molar-refractivity contribution in [1.29, 1.82) is 0 Å². The van der Waals surface area contributed by atoms with E-state index in [-0.39, 0.29) is 5.97 Å². The summed E-state index contributed by atoms with van der Waals surface area (Å²) in [4.78, 5) is 21.4. The number of hydrogen-bond acceptors (Lipinski definition) is 6. The molecule has 7 heteroatoms. The van der Waals surface area contributed by atoms with Crippen LogP contribution in [0.2, 0.25) is 5.02 Å². The van der Waals surface area contributed by atoms with Crippen LogP contribution in [0.15, 0.2) is 60.2 Å². The van der Waals surface area contributed by atoms with Gasteiger partial charge in [-0.3, -0.25) is 0 Å². The standard InChI is InChI=1S/C20H14ClN3O2S/c1-26-20(25)13-3-2-4-15(9-13)24-18-17-16(10-27-19(17)23-11-22-18)12-5-7-14(21)8-6-12/h2-11H,1H3,(H,22,23,24). The minimum Gasteiger partial charge on any atom is -0.465 e. The largest absolute Gasteiger partial charge is 0.465 e. The maximum Gasteiger partial charge on any atom is 0.337 e. The van der Waals surface area contributed by atoms with Crippen molar-refractivity contribution in [2.75, 3.05) is 12.4 Å². The molecule has 2 aromatic carbocycles. The van der Waals surface area contributed by atoms with Crippen molar-refractivity contribution >= 4 is 50.6 Å². The number of esters is 1. The number of carbonyl (C=O) groups excluding carboxylic acids is 1. The highest BCUT2D eigenvalue weighted by Crippen LogP contribution is 2.37. The smallest absolute Gasteiger partial charge is 0.337 e. The van der Waals surface area contributed by atoms with E-state index in [1.165, 1.54) is 13.4 Å². The predicted molar refractivity (Wildman–Crippen MR) is 109 cm³/mol. The third kappa shape index (κ3) is 3.49. The van der Waals surface area contributed by atoms with Gasteiger partial charge < -0.3 is 10.1 Å². The lowest BCUT2D eigenvalue weighted by atomic mass is 10.1. The van der Waals surface area contributed by atoms with Crippen molar-refractivity contribution in [2.24, 2.45) is 0 Å². The minimum atomic E-state index is -0.385. The summed E-state index contributed by atoms with van der Waals surface area (Å²) in [6.07, 6.45) is 1.52. The van der Waals surface area contributed by atoms with E-state index in [2.05, 4.69) is 20.7 Å². The first-order chi connectivity index (χ1) is 13.2. The quantitative estimate of drug-likeness (QED) is 0.459. The molecule has 5 nitrogen and oxygen atoms in total. The molecule has 0 aliphatic heterocycles. The first-order valence-corrected chi connectivity index (χ1v) is 9.35. The number of benzene rings is 2. The first kappa shape index (κ1) is 17.5. The van der Waals surface area contributed by atoms with Crippen molar-refractivity contribution in [2.45, 2.75) is 0 Å². The van der Waals surface area contributed by atoms with Crippen molar-refractivity contribution in [1.82, 2.24) is 9.97 Å². The topological polar surface area (TPSA) is 64.1 Å². The molecule has 0 bridgehead atoms. The Morgan fingerprint density at radius 2 is 1.96 bits per heavy atom. The monoisotopic (exact) mass is 395 g/mol. The fourth-order valence-electron chi connectivity index (χ4n) is 2.79. The fourth-order valence-corrected chi connectivity index (χ4v) is 3.83. The number of halogens is 1. The van der Waals surface area contributed by atoms with Gasteiger partial charge in [0.2, 0.25) is 0 Å². The van der Waals surface area contributed by atoms with E-state index in [1.807, 2.05) is 30.3 Å². The summed E-state index contributed by atoms with van der Waals surface area (Å²) in [5, 5.41) is 6.96. The van der Waals surface area contributed by atoms with Gasteiger partial charge in [0.05, 0.1) is 18.1 Å². The summed E-state index contributed by atoms with van der Waals surface area (Å²) in [7, 11) is 1.36. The van der Waals surface area contributed by atoms with Gasteiger partial charge in [-0.15, -0.1) is 11.3 Å². The Bertz CT molecular complexity index is 1130. The van der Waals surface area contributed by atoms with Gasteiger partial charge in [-0.05, 0) is 35.9 Å². The van der Waals surface area contributed by atoms with Crippen LogP contribution in [0.1, 0.15) is 10.4 Å². The number of nitrogens with one attached hydrogen (secondary N) is 1. The molecule has 0 spiro atoms. The number of hydrogen-bond donors (Lipinski definition) is 1. The number of aromatic nitrogens is 2. The van der Waals surface area contributed by atoms with Gasteiger partial charge in [0.25, 0.3) is 0 Å². The minimum absolute atomic E-state index is 0.385. The van der Waals surface area contributed by atoms with Gasteiger partial charge in [-0.2, -0.15) is 0 Å². The van der Waals surface area contributed by atoms with E-state index in [0.29, 0.717) is 16.4 Å². The molecule has 4 rings (SSSR count). The van der Waals surface area contributed by atoms with Crippen LogP contribution in [0.5, 0.6) is 0 Å². The van der Waals surface area contributed by atoms with Crippen LogP contribution in [-0.4, -0.2) is 23.0 Å². The summed E-state index contributed by atoms with van der Waals surface area (Å²) in [6.45, 7) is 0. The van der Waals surface area contributed by atoms with E-state index in [9.17, 15) is 4.79 Å². The summed E-state index contributed by atoms with van der Waals surface area (Å²) in [6, 6.07) is 14.8. The molecular weight excluding hydrogens is 382 g/mol. The summed E-state index contributed by atoms with van der Waals surface area (Å²) in [5.41, 5.74) is 3.27. The zero-order valence-electron chi connectivity index (χ0n) is 14.3. The second-order valence-corrected chi connectivity index (χ2v) is 7.05. The molecule has 0 fully saturated rings. The van der Waals surface area contributed by atoms with E-state index in [1.54, 1.807) is 29.5 Å². The maximum atomic E-state index is 11.8. The maximum absolute atomic E-state index is 11.8. The van der Waals surface area contributed by atoms with Gasteiger partial charge in [0, 0.05) is 21.7 Å². The van der Waals surface area contributed by atoms with Crippen LogP contribution in [0.25, 0.3) is 21.3 Å². The average Bonchev–Trinajstić information content (AvgIpc) is 3.13. The highest BCUT2D eigenvalue weighted by Gasteiger charge is 2.14. The number of methoxy groups -OCH3 is 1. The van der Waals surface area contributed by atoms with Crippen LogP contribution in [0.3, 0.4) is 0 Å². The van der Waals surface area contributed by atoms with E-state index in [0.717, 1.165) is 27.0 Å². The second kappa shape index (κ2) is 7.34. The molecule has 0 aliphatic rings. The lowest BCUT2D eigenvalue weighted by Gasteiger charge is -2.09. The number of carbonyl (C=O) groups is 1. The zero-order valence-corrected chi connectivity index (χ0v) is 15.8. The molecule has 134 valence electrons. The van der Waals surface area contributed by atoms with E-state index in [4.69, 9.17) is 16.3 Å². The molecular formula is C20H14ClN3O2S. The SMILES string of the molecule is COC(=O)c1cccc(Nc2ncnc3scc(-c4ccc(Cl)cc4)c23)c1. The molecule has 4 aromatic rings. The molecule has 2 heterocycles. The molecule has 27 heavy (non-hydrogen) atoms. The summed E-state index contributed by atoms with van der Waals surface area (Å²) < 4.78 is 4.78. The van der Waals surface area contributed by atoms with Crippen molar-refractivity contribution < 1.29 is 9.53 Å². The molecule has 0 aliphatic carbocycles. The highest BCUT2D eigenvalue weighted by molar-refractivity contribution is 7.17. The molecule has 0 saturated carbocycles. The third-order valence-corrected chi connectivity index (χ3v) is 5.21. The Labute approximate surface area is 164 Å². The fraction of sp³-hybridized carbons (Fsp3) is 0.0500. The molecule has 0 radical (unpaired) electrons. The van der Waals surface area contributed by atoms with E-state index >= 15 is 0 Å². The first-order valence-electron chi connectivity index (χ1n) is 8.09. The van der Waals surface area contributed by atoms with Gasteiger partial charge in [0.1, 0.15) is 17.0 Å². The lowest BCUT2D eigenvalue weighted by Crippen LogP contribution is -2.02. The van der Waals surface area contributed by atoms with Crippen LogP contribution in [0, 0.1) is 0 Å². The lowest BCUT2D eigenvalue weighted by molar-refractivity contribution is 0.0601. The number of nitrogens with zero attached hydrogens (tertiary/aromatic N) is 2. The van der Waals surface area contributed by atoms with Crippen LogP contribution < -0.4 is 5.32 Å². The Kier molecular flexibility index (Phi) is 4.75. The Hall–Kier alpha value is -2.96. The van der Waals surface area contributed by atoms with Gasteiger partial charge >= 0.3 is 5.97 Å². The van der Waals surface area contributed by atoms with Crippen molar-refractivity contribution in [3.63, 3.8) is 0 Å². The van der Waals surface area contributed by atoms with Crippen LogP contribution in [-0.2, 0) is 4.74 Å². The normalized spacial score (nSPS) is 10.7. The summed E-state index contributed by atoms with van der Waals surface area (Å²) >= 11 is 7.56. The van der Waals surface area contributed by atoms with Crippen molar-refractivity contribution in [3.8, 4) is 11.1 Å². The Morgan fingerprint density at radius 1 is 1.15 bits per heavy atom. The molecule has 0 unspecified atom stereocenters. The molecule has 2 aromatic heterocycles. The molecule has 1 N–H and O–H groups in total. The number of thiophene rings is 1. The van der Waals surface area contributed by atoms with Crippen LogP contribution in [0.4, 0.5) is 11.5 Å². The Balaban J connectivity index is 1.77. The number of fused-ring (bicyclic) bond motifs is 1. The highest BCUT2D eigenvalue weighted by atomic mass is 35.5. The molecule has 0 saturated heterocycles. The van der Waals surface area contributed by atoms with E-state index < -0.39 is 0 Å².